The van der Waals surface area contributed by atoms with E-state index in [4.69, 9.17) is 14.6 Å². The molecule has 3 heteroatoms. The van der Waals surface area contributed by atoms with Crippen molar-refractivity contribution >= 4 is 0 Å². The van der Waals surface area contributed by atoms with E-state index in [1.54, 1.807) is 7.11 Å². The molecule has 0 aliphatic carbocycles. The van der Waals surface area contributed by atoms with Crippen LogP contribution in [0.25, 0.3) is 0 Å². The molecule has 0 heterocycles. The first-order chi connectivity index (χ1) is 7.96. The van der Waals surface area contributed by atoms with Crippen LogP contribution in [0.2, 0.25) is 0 Å². The quantitative estimate of drug-likeness (QED) is 0.857. The summed E-state index contributed by atoms with van der Waals surface area (Å²) in [5, 5.41) is 9.08. The number of benzene rings is 1. The van der Waals surface area contributed by atoms with Gasteiger partial charge < -0.3 is 14.6 Å². The van der Waals surface area contributed by atoms with Gasteiger partial charge in [0.15, 0.2) is 11.5 Å². The fraction of sp³-hybridized carbons (Fsp3) is 0.571. The molecule has 1 aromatic rings. The van der Waals surface area contributed by atoms with Gasteiger partial charge in [-0.25, -0.2) is 0 Å². The molecule has 0 aliphatic rings. The van der Waals surface area contributed by atoms with Crippen molar-refractivity contribution in [2.75, 3.05) is 13.7 Å². The smallest absolute Gasteiger partial charge is 0.161 e. The maximum Gasteiger partial charge on any atom is 0.161 e. The van der Waals surface area contributed by atoms with Crippen LogP contribution < -0.4 is 9.47 Å². The predicted molar refractivity (Wildman–Crippen MR) is 68.5 cm³/mol. The third-order valence-electron chi connectivity index (χ3n) is 2.52. The van der Waals surface area contributed by atoms with E-state index in [2.05, 4.69) is 20.8 Å². The number of aliphatic hydroxyl groups excluding tert-OH is 1. The maximum atomic E-state index is 9.08. The molecule has 0 unspecified atom stereocenters. The van der Waals surface area contributed by atoms with E-state index in [9.17, 15) is 0 Å². The molecule has 0 fully saturated rings. The standard InChI is InChI=1S/C14H22O3/c1-14(2,3)7-8-17-13-9-11(10-15)5-6-12(13)16-4/h5-6,9,15H,7-8,10H2,1-4H3. The summed E-state index contributed by atoms with van der Waals surface area (Å²) in [5.74, 6) is 1.40. The Hall–Kier alpha value is -1.22. The van der Waals surface area contributed by atoms with Crippen molar-refractivity contribution in [1.29, 1.82) is 0 Å². The van der Waals surface area contributed by atoms with Crippen LogP contribution in [0.1, 0.15) is 32.8 Å². The molecule has 0 bridgehead atoms. The van der Waals surface area contributed by atoms with Gasteiger partial charge in [-0.2, -0.15) is 0 Å². The Balaban J connectivity index is 2.68. The zero-order valence-corrected chi connectivity index (χ0v) is 11.1. The Morgan fingerprint density at radius 3 is 2.41 bits per heavy atom. The van der Waals surface area contributed by atoms with Crippen molar-refractivity contribution in [1.82, 2.24) is 0 Å². The molecule has 0 saturated carbocycles. The van der Waals surface area contributed by atoms with Gasteiger partial charge in [-0.3, -0.25) is 0 Å². The average Bonchev–Trinajstić information content (AvgIpc) is 2.27. The van der Waals surface area contributed by atoms with Crippen LogP contribution >= 0.6 is 0 Å². The van der Waals surface area contributed by atoms with E-state index in [1.165, 1.54) is 0 Å². The van der Waals surface area contributed by atoms with Gasteiger partial charge in [-0.05, 0) is 29.5 Å². The molecular formula is C14H22O3. The molecule has 1 N–H and O–H groups in total. The fourth-order valence-corrected chi connectivity index (χ4v) is 1.40. The molecule has 0 saturated heterocycles. The van der Waals surface area contributed by atoms with Crippen LogP contribution in [0.15, 0.2) is 18.2 Å². The van der Waals surface area contributed by atoms with Gasteiger partial charge in [0.1, 0.15) is 0 Å². The normalized spacial score (nSPS) is 11.4. The third-order valence-corrected chi connectivity index (χ3v) is 2.52. The van der Waals surface area contributed by atoms with Gasteiger partial charge in [-0.1, -0.05) is 26.8 Å². The molecule has 96 valence electrons. The van der Waals surface area contributed by atoms with Crippen LogP contribution in [0.4, 0.5) is 0 Å². The highest BCUT2D eigenvalue weighted by atomic mass is 16.5. The second kappa shape index (κ2) is 5.92. The molecule has 0 aliphatic heterocycles. The Morgan fingerprint density at radius 1 is 1.18 bits per heavy atom. The monoisotopic (exact) mass is 238 g/mol. The molecule has 17 heavy (non-hydrogen) atoms. The first kappa shape index (κ1) is 13.8. The number of hydrogen-bond acceptors (Lipinski definition) is 3. The van der Waals surface area contributed by atoms with Crippen LogP contribution in [0.3, 0.4) is 0 Å². The minimum Gasteiger partial charge on any atom is -0.493 e. The lowest BCUT2D eigenvalue weighted by Gasteiger charge is -2.19. The van der Waals surface area contributed by atoms with E-state index in [0.29, 0.717) is 18.1 Å². The summed E-state index contributed by atoms with van der Waals surface area (Å²) < 4.78 is 10.9. The lowest BCUT2D eigenvalue weighted by molar-refractivity contribution is 0.233. The van der Waals surface area contributed by atoms with E-state index in [1.807, 2.05) is 18.2 Å². The van der Waals surface area contributed by atoms with E-state index in [0.717, 1.165) is 12.0 Å². The lowest BCUT2D eigenvalue weighted by Crippen LogP contribution is -2.11. The third kappa shape index (κ3) is 4.65. The predicted octanol–water partition coefficient (Wildman–Crippen LogP) is 3.00. The van der Waals surface area contributed by atoms with Crippen molar-refractivity contribution in [3.63, 3.8) is 0 Å². The van der Waals surface area contributed by atoms with Gasteiger partial charge in [0.2, 0.25) is 0 Å². The zero-order chi connectivity index (χ0) is 12.9. The molecule has 0 radical (unpaired) electrons. The van der Waals surface area contributed by atoms with E-state index >= 15 is 0 Å². The second-order valence-corrected chi connectivity index (χ2v) is 5.30. The number of rotatable bonds is 5. The highest BCUT2D eigenvalue weighted by Crippen LogP contribution is 2.29. The minimum absolute atomic E-state index is 0.0135. The van der Waals surface area contributed by atoms with Crippen molar-refractivity contribution in [2.45, 2.75) is 33.8 Å². The maximum absolute atomic E-state index is 9.08. The topological polar surface area (TPSA) is 38.7 Å². The van der Waals surface area contributed by atoms with Gasteiger partial charge in [0, 0.05) is 0 Å². The Labute approximate surface area is 103 Å². The number of aliphatic hydroxyl groups is 1. The Kier molecular flexibility index (Phi) is 4.82. The summed E-state index contributed by atoms with van der Waals surface area (Å²) in [6, 6.07) is 5.47. The largest absolute Gasteiger partial charge is 0.493 e. The van der Waals surface area contributed by atoms with Crippen LogP contribution in [-0.4, -0.2) is 18.8 Å². The summed E-state index contributed by atoms with van der Waals surface area (Å²) in [5.41, 5.74) is 1.08. The highest BCUT2D eigenvalue weighted by molar-refractivity contribution is 5.42. The molecule has 1 aromatic carbocycles. The molecule has 0 atom stereocenters. The minimum atomic E-state index is 0.0135. The molecule has 0 aromatic heterocycles. The molecule has 0 amide bonds. The summed E-state index contributed by atoms with van der Waals surface area (Å²) in [4.78, 5) is 0. The fourth-order valence-electron chi connectivity index (χ4n) is 1.40. The Bertz CT molecular complexity index is 353. The van der Waals surface area contributed by atoms with Crippen LogP contribution in [0.5, 0.6) is 11.5 Å². The first-order valence-electron chi connectivity index (χ1n) is 5.87. The Morgan fingerprint density at radius 2 is 1.88 bits per heavy atom. The van der Waals surface area contributed by atoms with Crippen LogP contribution in [-0.2, 0) is 6.61 Å². The van der Waals surface area contributed by atoms with Gasteiger partial charge in [0.05, 0.1) is 20.3 Å². The number of ether oxygens (including phenoxy) is 2. The van der Waals surface area contributed by atoms with Gasteiger partial charge >= 0.3 is 0 Å². The first-order valence-corrected chi connectivity index (χ1v) is 5.87. The summed E-state index contributed by atoms with van der Waals surface area (Å²) >= 11 is 0. The van der Waals surface area contributed by atoms with Crippen molar-refractivity contribution in [2.24, 2.45) is 5.41 Å². The summed E-state index contributed by atoms with van der Waals surface area (Å²) in [6.45, 7) is 7.20. The number of methoxy groups -OCH3 is 1. The molecule has 0 spiro atoms. The van der Waals surface area contributed by atoms with E-state index in [-0.39, 0.29) is 12.0 Å². The number of hydrogen-bond donors (Lipinski definition) is 1. The SMILES string of the molecule is COc1ccc(CO)cc1OCCC(C)(C)C. The molecular weight excluding hydrogens is 216 g/mol. The van der Waals surface area contributed by atoms with Crippen molar-refractivity contribution in [3.05, 3.63) is 23.8 Å². The summed E-state index contributed by atoms with van der Waals surface area (Å²) in [7, 11) is 1.62. The molecule has 3 nitrogen and oxygen atoms in total. The van der Waals surface area contributed by atoms with Gasteiger partial charge in [0.25, 0.3) is 0 Å². The van der Waals surface area contributed by atoms with Gasteiger partial charge in [-0.15, -0.1) is 0 Å². The van der Waals surface area contributed by atoms with E-state index < -0.39 is 0 Å². The average molecular weight is 238 g/mol. The second-order valence-electron chi connectivity index (χ2n) is 5.30. The zero-order valence-electron chi connectivity index (χ0n) is 11.1. The summed E-state index contributed by atoms with van der Waals surface area (Å²) in [6.07, 6.45) is 0.972. The lowest BCUT2D eigenvalue weighted by atomic mass is 9.93. The van der Waals surface area contributed by atoms with Crippen molar-refractivity contribution < 1.29 is 14.6 Å². The van der Waals surface area contributed by atoms with Crippen LogP contribution in [0, 0.1) is 5.41 Å². The van der Waals surface area contributed by atoms with Crippen molar-refractivity contribution in [3.8, 4) is 11.5 Å². The highest BCUT2D eigenvalue weighted by Gasteiger charge is 2.11. The molecule has 1 rings (SSSR count).